The Bertz CT molecular complexity index is 594. The third-order valence-corrected chi connectivity index (χ3v) is 4.25. The molecule has 0 saturated carbocycles. The van der Waals surface area contributed by atoms with Crippen molar-refractivity contribution in [3.05, 3.63) is 48.6 Å². The summed E-state index contributed by atoms with van der Waals surface area (Å²) in [6.07, 6.45) is 2.08. The molecule has 1 fully saturated rings. The molecular weight excluding hydrogens is 334 g/mol. The SMILES string of the molecule is C=CC[C@@H]1CNC[C@@H]1C(=O)ONCC(C)NC(=O)OCc1ccccc1. The second kappa shape index (κ2) is 10.6. The highest BCUT2D eigenvalue weighted by molar-refractivity contribution is 5.73. The number of alkyl carbamates (subject to hydrolysis) is 1. The molecule has 0 spiro atoms. The normalized spacial score (nSPS) is 20.2. The van der Waals surface area contributed by atoms with Gasteiger partial charge in [-0.15, -0.1) is 6.58 Å². The zero-order valence-electron chi connectivity index (χ0n) is 15.1. The van der Waals surface area contributed by atoms with Crippen molar-refractivity contribution in [1.29, 1.82) is 0 Å². The Morgan fingerprint density at radius 1 is 1.35 bits per heavy atom. The fraction of sp³-hybridized carbons (Fsp3) is 0.474. The Labute approximate surface area is 154 Å². The minimum atomic E-state index is -0.513. The van der Waals surface area contributed by atoms with Gasteiger partial charge in [-0.25, -0.2) is 4.79 Å². The van der Waals surface area contributed by atoms with Gasteiger partial charge in [0.2, 0.25) is 0 Å². The molecule has 1 unspecified atom stereocenters. The monoisotopic (exact) mass is 361 g/mol. The number of allylic oxidation sites excluding steroid dienone is 1. The number of hydrogen-bond acceptors (Lipinski definition) is 6. The van der Waals surface area contributed by atoms with Gasteiger partial charge in [-0.05, 0) is 31.4 Å². The molecule has 1 amide bonds. The molecular formula is C19H27N3O4. The van der Waals surface area contributed by atoms with Crippen LogP contribution in [0.3, 0.4) is 0 Å². The molecule has 7 heteroatoms. The van der Waals surface area contributed by atoms with Crippen LogP contribution < -0.4 is 16.1 Å². The minimum Gasteiger partial charge on any atom is -0.445 e. The predicted octanol–water partition coefficient (Wildman–Crippen LogP) is 1.76. The molecule has 0 aromatic heterocycles. The lowest BCUT2D eigenvalue weighted by Crippen LogP contribution is -2.41. The first-order valence-corrected chi connectivity index (χ1v) is 8.82. The van der Waals surface area contributed by atoms with Crippen LogP contribution in [0.5, 0.6) is 0 Å². The second-order valence-electron chi connectivity index (χ2n) is 6.43. The van der Waals surface area contributed by atoms with Gasteiger partial charge in [-0.2, -0.15) is 5.48 Å². The lowest BCUT2D eigenvalue weighted by Gasteiger charge is -2.18. The van der Waals surface area contributed by atoms with Gasteiger partial charge in [0.05, 0.1) is 12.5 Å². The molecule has 26 heavy (non-hydrogen) atoms. The number of ether oxygens (including phenoxy) is 1. The highest BCUT2D eigenvalue weighted by Gasteiger charge is 2.33. The van der Waals surface area contributed by atoms with Gasteiger partial charge in [-0.3, -0.25) is 4.79 Å². The summed E-state index contributed by atoms with van der Waals surface area (Å²) in [5, 5.41) is 5.87. The van der Waals surface area contributed by atoms with Gasteiger partial charge in [0.25, 0.3) is 0 Å². The van der Waals surface area contributed by atoms with Crippen molar-refractivity contribution in [1.82, 2.24) is 16.1 Å². The van der Waals surface area contributed by atoms with E-state index in [1.165, 1.54) is 0 Å². The van der Waals surface area contributed by atoms with Gasteiger partial charge < -0.3 is 20.2 Å². The largest absolute Gasteiger partial charge is 0.445 e. The fourth-order valence-electron chi connectivity index (χ4n) is 2.80. The molecule has 1 heterocycles. The first kappa shape index (κ1) is 19.9. The third-order valence-electron chi connectivity index (χ3n) is 4.25. The maximum Gasteiger partial charge on any atom is 0.407 e. The van der Waals surface area contributed by atoms with Crippen LogP contribution in [0.2, 0.25) is 0 Å². The van der Waals surface area contributed by atoms with E-state index >= 15 is 0 Å². The number of carbonyl (C=O) groups excluding carboxylic acids is 2. The van der Waals surface area contributed by atoms with Gasteiger partial charge in [0.1, 0.15) is 6.61 Å². The second-order valence-corrected chi connectivity index (χ2v) is 6.43. The maximum absolute atomic E-state index is 12.1. The Morgan fingerprint density at radius 2 is 2.12 bits per heavy atom. The Kier molecular flexibility index (Phi) is 8.11. The number of hydroxylamine groups is 1. The summed E-state index contributed by atoms with van der Waals surface area (Å²) in [6, 6.07) is 9.19. The number of carbonyl (C=O) groups is 2. The zero-order valence-corrected chi connectivity index (χ0v) is 15.1. The van der Waals surface area contributed by atoms with Crippen LogP contribution >= 0.6 is 0 Å². The minimum absolute atomic E-state index is 0.181. The van der Waals surface area contributed by atoms with Crippen molar-refractivity contribution in [2.45, 2.75) is 26.0 Å². The maximum atomic E-state index is 12.1. The van der Waals surface area contributed by atoms with E-state index in [-0.39, 0.29) is 30.5 Å². The Hall–Kier alpha value is -2.38. The lowest BCUT2D eigenvalue weighted by molar-refractivity contribution is -0.157. The Balaban J connectivity index is 1.62. The molecule has 0 bridgehead atoms. The molecule has 1 aromatic rings. The van der Waals surface area contributed by atoms with Crippen molar-refractivity contribution >= 4 is 12.1 Å². The third kappa shape index (κ3) is 6.50. The summed E-state index contributed by atoms with van der Waals surface area (Å²) >= 11 is 0. The molecule has 0 radical (unpaired) electrons. The molecule has 1 aromatic carbocycles. The van der Waals surface area contributed by atoms with Crippen LogP contribution in [-0.2, 0) is 21.0 Å². The topological polar surface area (TPSA) is 88.7 Å². The average molecular weight is 361 g/mol. The van der Waals surface area contributed by atoms with Crippen LogP contribution in [-0.4, -0.2) is 37.7 Å². The Morgan fingerprint density at radius 3 is 2.85 bits per heavy atom. The molecule has 0 aliphatic carbocycles. The number of benzene rings is 1. The molecule has 1 saturated heterocycles. The van der Waals surface area contributed by atoms with Crippen molar-refractivity contribution in [2.75, 3.05) is 19.6 Å². The summed E-state index contributed by atoms with van der Waals surface area (Å²) in [4.78, 5) is 29.0. The van der Waals surface area contributed by atoms with E-state index in [4.69, 9.17) is 9.57 Å². The van der Waals surface area contributed by atoms with Crippen LogP contribution in [0.1, 0.15) is 18.9 Å². The smallest absolute Gasteiger partial charge is 0.407 e. The summed E-state index contributed by atoms with van der Waals surface area (Å²) < 4.78 is 5.15. The number of nitrogens with one attached hydrogen (secondary N) is 3. The van der Waals surface area contributed by atoms with E-state index in [0.29, 0.717) is 13.1 Å². The first-order valence-electron chi connectivity index (χ1n) is 8.82. The van der Waals surface area contributed by atoms with Gasteiger partial charge >= 0.3 is 12.1 Å². The van der Waals surface area contributed by atoms with Crippen LogP contribution in [0.4, 0.5) is 4.79 Å². The molecule has 7 nitrogen and oxygen atoms in total. The van der Waals surface area contributed by atoms with E-state index in [9.17, 15) is 9.59 Å². The zero-order chi connectivity index (χ0) is 18.8. The molecule has 3 atom stereocenters. The van der Waals surface area contributed by atoms with Gasteiger partial charge in [-0.1, -0.05) is 36.4 Å². The van der Waals surface area contributed by atoms with E-state index < -0.39 is 6.09 Å². The fourth-order valence-corrected chi connectivity index (χ4v) is 2.80. The van der Waals surface area contributed by atoms with E-state index in [0.717, 1.165) is 18.5 Å². The average Bonchev–Trinajstić information content (AvgIpc) is 3.09. The lowest BCUT2D eigenvalue weighted by atomic mass is 9.93. The van der Waals surface area contributed by atoms with Crippen LogP contribution in [0.15, 0.2) is 43.0 Å². The predicted molar refractivity (Wildman–Crippen MR) is 98.0 cm³/mol. The highest BCUT2D eigenvalue weighted by Crippen LogP contribution is 2.21. The molecule has 3 N–H and O–H groups in total. The van der Waals surface area contributed by atoms with Gasteiger partial charge in [0, 0.05) is 12.6 Å². The molecule has 142 valence electrons. The van der Waals surface area contributed by atoms with E-state index in [1.807, 2.05) is 36.4 Å². The summed E-state index contributed by atoms with van der Waals surface area (Å²) in [5.41, 5.74) is 3.55. The summed E-state index contributed by atoms with van der Waals surface area (Å²) in [5.74, 6) is -0.259. The van der Waals surface area contributed by atoms with Crippen LogP contribution in [0, 0.1) is 11.8 Å². The van der Waals surface area contributed by atoms with Gasteiger partial charge in [0.15, 0.2) is 0 Å². The molecule has 1 aliphatic heterocycles. The first-order chi connectivity index (χ1) is 12.6. The van der Waals surface area contributed by atoms with Crippen molar-refractivity contribution in [2.24, 2.45) is 11.8 Å². The standard InChI is InChI=1S/C19H27N3O4/c1-3-7-16-11-20-12-17(16)18(23)26-21-10-14(2)22-19(24)25-13-15-8-5-4-6-9-15/h3-6,8-9,14,16-17,20-21H,1,7,10-13H2,2H3,(H,22,24)/t14?,16-,17+/m1/s1. The molecule has 1 aliphatic rings. The highest BCUT2D eigenvalue weighted by atomic mass is 16.7. The van der Waals surface area contributed by atoms with E-state index in [2.05, 4.69) is 22.7 Å². The number of rotatable bonds is 9. The van der Waals surface area contributed by atoms with E-state index in [1.54, 1.807) is 6.92 Å². The van der Waals surface area contributed by atoms with Crippen molar-refractivity contribution in [3.63, 3.8) is 0 Å². The van der Waals surface area contributed by atoms with Crippen molar-refractivity contribution < 1.29 is 19.2 Å². The van der Waals surface area contributed by atoms with Crippen molar-refractivity contribution in [3.8, 4) is 0 Å². The quantitative estimate of drug-likeness (QED) is 0.459. The van der Waals surface area contributed by atoms with Crippen LogP contribution in [0.25, 0.3) is 0 Å². The summed E-state index contributed by atoms with van der Waals surface area (Å²) in [6.45, 7) is 7.41. The molecule has 2 rings (SSSR count). The summed E-state index contributed by atoms with van der Waals surface area (Å²) in [7, 11) is 0. The number of hydrogen-bond donors (Lipinski definition) is 3. The number of amides is 1.